The summed E-state index contributed by atoms with van der Waals surface area (Å²) in [7, 11) is 0. The molecule has 1 amide bonds. The molecular formula is C20H19FN4O. The second kappa shape index (κ2) is 7.74. The van der Waals surface area contributed by atoms with Gasteiger partial charge in [0.2, 0.25) is 5.91 Å². The lowest BCUT2D eigenvalue weighted by Crippen LogP contribution is -2.19. The van der Waals surface area contributed by atoms with Gasteiger partial charge in [0.05, 0.1) is 24.5 Å². The van der Waals surface area contributed by atoms with Gasteiger partial charge in [-0.15, -0.1) is 0 Å². The van der Waals surface area contributed by atoms with Gasteiger partial charge in [-0.2, -0.15) is 5.10 Å². The molecule has 2 heterocycles. The Bertz CT molecular complexity index is 930. The second-order valence-corrected chi connectivity index (χ2v) is 5.97. The number of carbonyl (C=O) groups excluding carboxylic acids is 1. The van der Waals surface area contributed by atoms with E-state index in [1.54, 1.807) is 30.7 Å². The van der Waals surface area contributed by atoms with Crippen LogP contribution in [0.5, 0.6) is 0 Å². The third-order valence-corrected chi connectivity index (χ3v) is 4.05. The van der Waals surface area contributed by atoms with Crippen LogP contribution in [0.2, 0.25) is 0 Å². The molecule has 0 aliphatic rings. The van der Waals surface area contributed by atoms with Crippen molar-refractivity contribution < 1.29 is 9.18 Å². The standard InChI is InChI=1S/C20H19FN4O/c1-14-10-17(15(2)25(14)19-4-3-9-22-13-19)12-23-24-20(26)11-16-5-7-18(21)8-6-16/h3-10,12-13H,11H2,1-2H3,(H,24,26)/b23-12+. The zero-order chi connectivity index (χ0) is 18.5. The van der Waals surface area contributed by atoms with Gasteiger partial charge in [-0.25, -0.2) is 9.82 Å². The van der Waals surface area contributed by atoms with E-state index in [1.165, 1.54) is 12.1 Å². The molecule has 0 fully saturated rings. The van der Waals surface area contributed by atoms with E-state index in [1.807, 2.05) is 32.0 Å². The molecule has 3 aromatic rings. The number of hydrazone groups is 1. The Labute approximate surface area is 151 Å². The van der Waals surface area contributed by atoms with E-state index in [0.717, 1.165) is 28.2 Å². The minimum atomic E-state index is -0.323. The fraction of sp³-hybridized carbons (Fsp3) is 0.150. The molecule has 2 aromatic heterocycles. The molecule has 5 nitrogen and oxygen atoms in total. The van der Waals surface area contributed by atoms with Gasteiger partial charge in [-0.05, 0) is 49.7 Å². The number of nitrogens with zero attached hydrogens (tertiary/aromatic N) is 3. The number of aromatic nitrogens is 2. The first-order valence-electron chi connectivity index (χ1n) is 8.20. The van der Waals surface area contributed by atoms with Gasteiger partial charge in [-0.3, -0.25) is 9.78 Å². The summed E-state index contributed by atoms with van der Waals surface area (Å²) in [4.78, 5) is 16.1. The molecule has 1 aromatic carbocycles. The molecule has 0 atom stereocenters. The number of hydrogen-bond donors (Lipinski definition) is 1. The number of amides is 1. The average molecular weight is 350 g/mol. The number of benzene rings is 1. The maximum atomic E-state index is 12.9. The van der Waals surface area contributed by atoms with Crippen LogP contribution in [-0.2, 0) is 11.2 Å². The summed E-state index contributed by atoms with van der Waals surface area (Å²) in [6, 6.07) is 11.7. The predicted molar refractivity (Wildman–Crippen MR) is 98.9 cm³/mol. The van der Waals surface area contributed by atoms with E-state index in [9.17, 15) is 9.18 Å². The van der Waals surface area contributed by atoms with Gasteiger partial charge in [-0.1, -0.05) is 12.1 Å². The van der Waals surface area contributed by atoms with Crippen LogP contribution in [0, 0.1) is 19.7 Å². The molecule has 0 spiro atoms. The average Bonchev–Trinajstić information content (AvgIpc) is 2.91. The number of pyridine rings is 1. The smallest absolute Gasteiger partial charge is 0.244 e. The molecule has 0 saturated carbocycles. The molecule has 0 aliphatic heterocycles. The number of hydrogen-bond acceptors (Lipinski definition) is 3. The van der Waals surface area contributed by atoms with Crippen LogP contribution in [0.4, 0.5) is 4.39 Å². The quantitative estimate of drug-likeness (QED) is 0.567. The molecule has 0 unspecified atom stereocenters. The van der Waals surface area contributed by atoms with E-state index < -0.39 is 0 Å². The minimum absolute atomic E-state index is 0.145. The van der Waals surface area contributed by atoms with Crippen molar-refractivity contribution in [2.75, 3.05) is 0 Å². The number of carbonyl (C=O) groups is 1. The SMILES string of the molecule is Cc1cc(/C=N/NC(=O)Cc2ccc(F)cc2)c(C)n1-c1cccnc1. The maximum absolute atomic E-state index is 12.9. The zero-order valence-electron chi connectivity index (χ0n) is 14.6. The maximum Gasteiger partial charge on any atom is 0.244 e. The Balaban J connectivity index is 1.67. The van der Waals surface area contributed by atoms with Gasteiger partial charge < -0.3 is 4.57 Å². The summed E-state index contributed by atoms with van der Waals surface area (Å²) < 4.78 is 15.0. The van der Waals surface area contributed by atoms with Gasteiger partial charge in [0.15, 0.2) is 0 Å². The third-order valence-electron chi connectivity index (χ3n) is 4.05. The van der Waals surface area contributed by atoms with Crippen LogP contribution in [-0.4, -0.2) is 21.7 Å². The number of nitrogens with one attached hydrogen (secondary N) is 1. The van der Waals surface area contributed by atoms with Crippen LogP contribution < -0.4 is 5.43 Å². The van der Waals surface area contributed by atoms with Gasteiger partial charge in [0.1, 0.15) is 5.82 Å². The summed E-state index contributed by atoms with van der Waals surface area (Å²) >= 11 is 0. The van der Waals surface area contributed by atoms with Crippen LogP contribution >= 0.6 is 0 Å². The lowest BCUT2D eigenvalue weighted by atomic mass is 10.1. The van der Waals surface area contributed by atoms with E-state index in [2.05, 4.69) is 20.1 Å². The molecule has 0 radical (unpaired) electrons. The topological polar surface area (TPSA) is 59.3 Å². The van der Waals surface area contributed by atoms with E-state index in [0.29, 0.717) is 0 Å². The largest absolute Gasteiger partial charge is 0.316 e. The van der Waals surface area contributed by atoms with E-state index in [4.69, 9.17) is 0 Å². The Morgan fingerprint density at radius 3 is 2.73 bits per heavy atom. The van der Waals surface area contributed by atoms with Crippen molar-refractivity contribution in [3.63, 3.8) is 0 Å². The number of aryl methyl sites for hydroxylation is 1. The van der Waals surface area contributed by atoms with Crippen LogP contribution in [0.1, 0.15) is 22.5 Å². The summed E-state index contributed by atoms with van der Waals surface area (Å²) in [6.45, 7) is 3.99. The lowest BCUT2D eigenvalue weighted by molar-refractivity contribution is -0.120. The van der Waals surface area contributed by atoms with Crippen LogP contribution in [0.15, 0.2) is 60.0 Å². The minimum Gasteiger partial charge on any atom is -0.316 e. The van der Waals surface area contributed by atoms with E-state index >= 15 is 0 Å². The summed E-state index contributed by atoms with van der Waals surface area (Å²) in [5, 5.41) is 4.04. The fourth-order valence-electron chi connectivity index (χ4n) is 2.80. The highest BCUT2D eigenvalue weighted by Crippen LogP contribution is 2.18. The highest BCUT2D eigenvalue weighted by atomic mass is 19.1. The summed E-state index contributed by atoms with van der Waals surface area (Å²) in [5.41, 5.74) is 7.18. The molecule has 3 rings (SSSR count). The first-order valence-corrected chi connectivity index (χ1v) is 8.20. The Kier molecular flexibility index (Phi) is 5.22. The fourth-order valence-corrected chi connectivity index (χ4v) is 2.80. The highest BCUT2D eigenvalue weighted by molar-refractivity contribution is 5.84. The van der Waals surface area contributed by atoms with Crippen molar-refractivity contribution >= 4 is 12.1 Å². The first-order chi connectivity index (χ1) is 12.5. The molecule has 0 bridgehead atoms. The predicted octanol–water partition coefficient (Wildman–Crippen LogP) is 3.32. The van der Waals surface area contributed by atoms with Crippen molar-refractivity contribution in [1.29, 1.82) is 0 Å². The Morgan fingerprint density at radius 1 is 1.27 bits per heavy atom. The van der Waals surface area contributed by atoms with Crippen molar-refractivity contribution in [3.05, 3.63) is 83.2 Å². The van der Waals surface area contributed by atoms with Crippen molar-refractivity contribution in [1.82, 2.24) is 15.0 Å². The van der Waals surface area contributed by atoms with Crippen LogP contribution in [0.3, 0.4) is 0 Å². The molecule has 0 aliphatic carbocycles. The van der Waals surface area contributed by atoms with Crippen LogP contribution in [0.25, 0.3) is 5.69 Å². The van der Waals surface area contributed by atoms with Crippen molar-refractivity contribution in [3.8, 4) is 5.69 Å². The molecule has 0 saturated heterocycles. The second-order valence-electron chi connectivity index (χ2n) is 5.97. The number of halogens is 1. The summed E-state index contributed by atoms with van der Waals surface area (Å²) in [6.07, 6.45) is 5.30. The summed E-state index contributed by atoms with van der Waals surface area (Å²) in [5.74, 6) is -0.579. The Hall–Kier alpha value is -3.28. The van der Waals surface area contributed by atoms with Gasteiger partial charge in [0.25, 0.3) is 0 Å². The molecule has 1 N–H and O–H groups in total. The Morgan fingerprint density at radius 2 is 2.04 bits per heavy atom. The number of rotatable bonds is 5. The molecular weight excluding hydrogens is 331 g/mol. The first kappa shape index (κ1) is 17.5. The zero-order valence-corrected chi connectivity index (χ0v) is 14.6. The molecule has 132 valence electrons. The third kappa shape index (κ3) is 4.03. The lowest BCUT2D eigenvalue weighted by Gasteiger charge is -2.08. The highest BCUT2D eigenvalue weighted by Gasteiger charge is 2.09. The van der Waals surface area contributed by atoms with Crippen molar-refractivity contribution in [2.24, 2.45) is 5.10 Å². The van der Waals surface area contributed by atoms with Gasteiger partial charge in [0, 0.05) is 23.1 Å². The van der Waals surface area contributed by atoms with Crippen molar-refractivity contribution in [2.45, 2.75) is 20.3 Å². The van der Waals surface area contributed by atoms with E-state index in [-0.39, 0.29) is 18.1 Å². The molecule has 6 heteroatoms. The van der Waals surface area contributed by atoms with Gasteiger partial charge >= 0.3 is 0 Å². The normalized spacial score (nSPS) is 11.0. The monoisotopic (exact) mass is 350 g/mol. The molecule has 26 heavy (non-hydrogen) atoms.